The Balaban J connectivity index is 1.90. The standard InChI is InChI=1S/C24H18N2O6/c1-32-19-13-9-15(10-14-19)21-20(22(27)16-7-11-18(12-8-16)26(30)31)23(28)24(29)25(21)17-5-3-2-4-6-17/h2-14,21,27H,1H3/t21-/m0/s1. The maximum absolute atomic E-state index is 13.0. The molecule has 0 spiro atoms. The highest BCUT2D eigenvalue weighted by Crippen LogP contribution is 2.42. The third-order valence-electron chi connectivity index (χ3n) is 5.26. The normalized spacial score (nSPS) is 17.4. The Labute approximate surface area is 183 Å². The summed E-state index contributed by atoms with van der Waals surface area (Å²) in [6, 6.07) is 19.8. The molecule has 8 heteroatoms. The van der Waals surface area contributed by atoms with Gasteiger partial charge in [-0.15, -0.1) is 0 Å². The number of non-ortho nitro benzene ring substituents is 1. The molecule has 1 atom stereocenters. The van der Waals surface area contributed by atoms with E-state index in [2.05, 4.69) is 0 Å². The van der Waals surface area contributed by atoms with Gasteiger partial charge < -0.3 is 9.84 Å². The predicted octanol–water partition coefficient (Wildman–Crippen LogP) is 4.23. The number of nitro groups is 1. The van der Waals surface area contributed by atoms with Crippen molar-refractivity contribution < 1.29 is 24.4 Å². The van der Waals surface area contributed by atoms with E-state index in [1.165, 1.54) is 36.3 Å². The van der Waals surface area contributed by atoms with E-state index in [-0.39, 0.29) is 16.8 Å². The van der Waals surface area contributed by atoms with Crippen molar-refractivity contribution in [2.45, 2.75) is 6.04 Å². The van der Waals surface area contributed by atoms with Crippen LogP contribution in [0.2, 0.25) is 0 Å². The van der Waals surface area contributed by atoms with E-state index in [1.807, 2.05) is 0 Å². The van der Waals surface area contributed by atoms with Gasteiger partial charge in [-0.2, -0.15) is 0 Å². The predicted molar refractivity (Wildman–Crippen MR) is 117 cm³/mol. The molecular formula is C24H18N2O6. The number of carbonyl (C=O) groups excluding carboxylic acids is 2. The first-order valence-electron chi connectivity index (χ1n) is 9.67. The summed E-state index contributed by atoms with van der Waals surface area (Å²) in [6.45, 7) is 0. The van der Waals surface area contributed by atoms with E-state index in [9.17, 15) is 24.8 Å². The SMILES string of the molecule is COc1ccc([C@H]2C(=C(O)c3ccc([N+](=O)[O-])cc3)C(=O)C(=O)N2c2ccccc2)cc1. The highest BCUT2D eigenvalue weighted by Gasteiger charge is 2.46. The molecule has 0 aromatic heterocycles. The first-order valence-corrected chi connectivity index (χ1v) is 9.67. The summed E-state index contributed by atoms with van der Waals surface area (Å²) >= 11 is 0. The van der Waals surface area contributed by atoms with Crippen LogP contribution in [0, 0.1) is 10.1 Å². The number of aliphatic hydroxyl groups excluding tert-OH is 1. The summed E-state index contributed by atoms with van der Waals surface area (Å²) in [6.07, 6.45) is 0. The van der Waals surface area contributed by atoms with E-state index < -0.39 is 28.4 Å². The van der Waals surface area contributed by atoms with Crippen molar-refractivity contribution in [2.75, 3.05) is 12.0 Å². The van der Waals surface area contributed by atoms with E-state index in [1.54, 1.807) is 54.6 Å². The summed E-state index contributed by atoms with van der Waals surface area (Å²) in [5, 5.41) is 22.0. The number of hydrogen-bond acceptors (Lipinski definition) is 6. The van der Waals surface area contributed by atoms with Gasteiger partial charge in [-0.3, -0.25) is 24.6 Å². The minimum absolute atomic E-state index is 0.0992. The van der Waals surface area contributed by atoms with Gasteiger partial charge in [-0.05, 0) is 42.0 Å². The van der Waals surface area contributed by atoms with Crippen LogP contribution in [0.3, 0.4) is 0 Å². The van der Waals surface area contributed by atoms with E-state index >= 15 is 0 Å². The molecule has 8 nitrogen and oxygen atoms in total. The monoisotopic (exact) mass is 430 g/mol. The molecule has 4 rings (SSSR count). The van der Waals surface area contributed by atoms with E-state index in [0.29, 0.717) is 17.0 Å². The Morgan fingerprint density at radius 3 is 2.16 bits per heavy atom. The van der Waals surface area contributed by atoms with Gasteiger partial charge in [0.25, 0.3) is 17.4 Å². The second-order valence-corrected chi connectivity index (χ2v) is 7.08. The fraction of sp³-hybridized carbons (Fsp3) is 0.0833. The van der Waals surface area contributed by atoms with E-state index in [0.717, 1.165) is 0 Å². The van der Waals surface area contributed by atoms with Crippen LogP contribution in [0.25, 0.3) is 5.76 Å². The van der Waals surface area contributed by atoms with Gasteiger partial charge in [0.2, 0.25) is 0 Å². The number of benzene rings is 3. The van der Waals surface area contributed by atoms with Crippen molar-refractivity contribution in [3.05, 3.63) is 106 Å². The minimum Gasteiger partial charge on any atom is -0.507 e. The maximum atomic E-state index is 13.0. The number of Topliss-reactive ketones (excluding diaryl/α,β-unsaturated/α-hetero) is 1. The second kappa shape index (κ2) is 8.35. The van der Waals surface area contributed by atoms with Crippen LogP contribution in [0.15, 0.2) is 84.4 Å². The highest BCUT2D eigenvalue weighted by molar-refractivity contribution is 6.51. The lowest BCUT2D eigenvalue weighted by Gasteiger charge is -2.25. The van der Waals surface area contributed by atoms with Gasteiger partial charge in [0.05, 0.1) is 23.6 Å². The molecule has 160 valence electrons. The van der Waals surface area contributed by atoms with E-state index in [4.69, 9.17) is 4.74 Å². The zero-order chi connectivity index (χ0) is 22.8. The molecule has 32 heavy (non-hydrogen) atoms. The third-order valence-corrected chi connectivity index (χ3v) is 5.26. The molecule has 1 aliphatic heterocycles. The number of amides is 1. The van der Waals surface area contributed by atoms with Crippen molar-refractivity contribution in [1.82, 2.24) is 0 Å². The lowest BCUT2D eigenvalue weighted by Crippen LogP contribution is -2.29. The second-order valence-electron chi connectivity index (χ2n) is 7.08. The molecule has 0 radical (unpaired) electrons. The molecule has 3 aromatic carbocycles. The van der Waals surface area contributed by atoms with Gasteiger partial charge in [-0.25, -0.2) is 0 Å². The highest BCUT2D eigenvalue weighted by atomic mass is 16.6. The molecule has 0 saturated carbocycles. The van der Waals surface area contributed by atoms with Gasteiger partial charge in [0, 0.05) is 23.4 Å². The molecule has 1 heterocycles. The van der Waals surface area contributed by atoms with Crippen LogP contribution < -0.4 is 9.64 Å². The Morgan fingerprint density at radius 1 is 0.969 bits per heavy atom. The molecule has 0 unspecified atom stereocenters. The molecule has 1 aliphatic rings. The van der Waals surface area contributed by atoms with Crippen LogP contribution in [0.1, 0.15) is 17.2 Å². The largest absolute Gasteiger partial charge is 0.507 e. The molecule has 0 aliphatic carbocycles. The number of carbonyl (C=O) groups is 2. The molecule has 3 aromatic rings. The fourth-order valence-electron chi connectivity index (χ4n) is 3.69. The smallest absolute Gasteiger partial charge is 0.300 e. The lowest BCUT2D eigenvalue weighted by molar-refractivity contribution is -0.384. The average Bonchev–Trinajstić information content (AvgIpc) is 3.09. The Morgan fingerprint density at radius 2 is 1.59 bits per heavy atom. The van der Waals surface area contributed by atoms with Gasteiger partial charge in [0.15, 0.2) is 0 Å². The number of nitrogens with zero attached hydrogens (tertiary/aromatic N) is 2. The Kier molecular flexibility index (Phi) is 5.43. The zero-order valence-corrected chi connectivity index (χ0v) is 17.0. The summed E-state index contributed by atoms with van der Waals surface area (Å²) in [5.41, 5.74) is 1.03. The first kappa shape index (κ1) is 20.8. The number of aliphatic hydroxyl groups is 1. The van der Waals surface area contributed by atoms with Crippen molar-refractivity contribution in [3.63, 3.8) is 0 Å². The summed E-state index contributed by atoms with van der Waals surface area (Å²) in [7, 11) is 1.53. The van der Waals surface area contributed by atoms with Crippen molar-refractivity contribution in [3.8, 4) is 5.75 Å². The maximum Gasteiger partial charge on any atom is 0.300 e. The lowest BCUT2D eigenvalue weighted by atomic mass is 9.95. The number of ketones is 1. The van der Waals surface area contributed by atoms with Gasteiger partial charge >= 0.3 is 0 Å². The molecule has 1 saturated heterocycles. The Bertz CT molecular complexity index is 1220. The number of anilines is 1. The molecular weight excluding hydrogens is 412 g/mol. The number of methoxy groups -OCH3 is 1. The van der Waals surface area contributed by atoms with Crippen LogP contribution in [0.5, 0.6) is 5.75 Å². The topological polar surface area (TPSA) is 110 Å². The first-order chi connectivity index (χ1) is 15.4. The van der Waals surface area contributed by atoms with Crippen molar-refractivity contribution >= 4 is 28.8 Å². The van der Waals surface area contributed by atoms with Crippen LogP contribution in [0.4, 0.5) is 11.4 Å². The van der Waals surface area contributed by atoms with Crippen molar-refractivity contribution in [1.29, 1.82) is 0 Å². The minimum atomic E-state index is -0.890. The van der Waals surface area contributed by atoms with Crippen LogP contribution >= 0.6 is 0 Å². The summed E-state index contributed by atoms with van der Waals surface area (Å²) in [4.78, 5) is 37.8. The zero-order valence-electron chi connectivity index (χ0n) is 17.0. The number of nitro benzene ring substituents is 1. The number of ether oxygens (including phenoxy) is 1. The molecule has 1 amide bonds. The van der Waals surface area contributed by atoms with Crippen LogP contribution in [-0.4, -0.2) is 28.8 Å². The summed E-state index contributed by atoms with van der Waals surface area (Å²) < 4.78 is 5.20. The fourth-order valence-corrected chi connectivity index (χ4v) is 3.69. The number of rotatable bonds is 5. The molecule has 0 bridgehead atoms. The number of hydrogen-bond donors (Lipinski definition) is 1. The van der Waals surface area contributed by atoms with Crippen molar-refractivity contribution in [2.24, 2.45) is 0 Å². The van der Waals surface area contributed by atoms with Gasteiger partial charge in [0.1, 0.15) is 11.5 Å². The van der Waals surface area contributed by atoms with Gasteiger partial charge in [-0.1, -0.05) is 30.3 Å². The van der Waals surface area contributed by atoms with Crippen LogP contribution in [-0.2, 0) is 9.59 Å². The average molecular weight is 430 g/mol. The molecule has 1 N–H and O–H groups in total. The number of para-hydroxylation sites is 1. The Hall–Kier alpha value is -4.46. The quantitative estimate of drug-likeness (QED) is 0.213. The summed E-state index contributed by atoms with van der Waals surface area (Å²) in [5.74, 6) is -1.43. The molecule has 1 fully saturated rings. The third kappa shape index (κ3) is 3.58.